The van der Waals surface area contributed by atoms with Crippen LogP contribution in [0, 0.1) is 5.92 Å². The van der Waals surface area contributed by atoms with E-state index in [2.05, 4.69) is 10.2 Å². The first-order valence-electron chi connectivity index (χ1n) is 8.68. The van der Waals surface area contributed by atoms with Crippen LogP contribution in [0.5, 0.6) is 0 Å². The van der Waals surface area contributed by atoms with Crippen LogP contribution in [0.2, 0.25) is 0 Å². The summed E-state index contributed by atoms with van der Waals surface area (Å²) in [6.45, 7) is 3.43. The molecule has 3 aliphatic heterocycles. The highest BCUT2D eigenvalue weighted by molar-refractivity contribution is 5.94. The molecule has 3 fully saturated rings. The second-order valence-corrected chi connectivity index (χ2v) is 6.96. The van der Waals surface area contributed by atoms with Gasteiger partial charge in [-0.1, -0.05) is 0 Å². The Morgan fingerprint density at radius 3 is 2.04 bits per heavy atom. The molecule has 9 heteroatoms. The number of aliphatic carboxylic acids is 1. The lowest BCUT2D eigenvalue weighted by molar-refractivity contribution is -0.192. The first-order chi connectivity index (χ1) is 12.6. The highest BCUT2D eigenvalue weighted by Crippen LogP contribution is 2.27. The summed E-state index contributed by atoms with van der Waals surface area (Å²) < 4.78 is 31.7. The zero-order valence-electron chi connectivity index (χ0n) is 15.3. The van der Waals surface area contributed by atoms with Crippen molar-refractivity contribution in [1.29, 1.82) is 0 Å². The third-order valence-corrected chi connectivity index (χ3v) is 4.86. The van der Waals surface area contributed by atoms with E-state index in [1.807, 2.05) is 43.3 Å². The molecule has 3 heterocycles. The molecule has 1 aromatic rings. The van der Waals surface area contributed by atoms with E-state index in [1.54, 1.807) is 0 Å². The van der Waals surface area contributed by atoms with Gasteiger partial charge in [0.15, 0.2) is 0 Å². The van der Waals surface area contributed by atoms with Gasteiger partial charge in [0.2, 0.25) is 0 Å². The molecule has 1 aromatic carbocycles. The van der Waals surface area contributed by atoms with Gasteiger partial charge in [0.05, 0.1) is 0 Å². The molecule has 0 aliphatic carbocycles. The zero-order valence-corrected chi connectivity index (χ0v) is 15.3. The normalized spacial score (nSPS) is 23.8. The molecule has 0 aromatic heterocycles. The van der Waals surface area contributed by atoms with E-state index in [1.165, 1.54) is 25.9 Å². The van der Waals surface area contributed by atoms with Gasteiger partial charge in [-0.05, 0) is 56.1 Å². The maximum absolute atomic E-state index is 12.3. The molecule has 1 atom stereocenters. The molecule has 2 N–H and O–H groups in total. The van der Waals surface area contributed by atoms with Crippen LogP contribution in [0.3, 0.4) is 0 Å². The van der Waals surface area contributed by atoms with Crippen molar-refractivity contribution in [2.24, 2.45) is 5.92 Å². The monoisotopic (exact) mass is 387 g/mol. The molecule has 2 bridgehead atoms. The van der Waals surface area contributed by atoms with Crippen molar-refractivity contribution in [2.45, 2.75) is 25.1 Å². The van der Waals surface area contributed by atoms with E-state index in [0.29, 0.717) is 12.0 Å². The van der Waals surface area contributed by atoms with Crippen molar-refractivity contribution in [3.05, 3.63) is 29.8 Å². The van der Waals surface area contributed by atoms with Gasteiger partial charge in [-0.2, -0.15) is 13.2 Å². The average molecular weight is 387 g/mol. The summed E-state index contributed by atoms with van der Waals surface area (Å²) in [5.74, 6) is -2.02. The van der Waals surface area contributed by atoms with Crippen LogP contribution >= 0.6 is 0 Å². The number of piperidine rings is 3. The van der Waals surface area contributed by atoms with Crippen LogP contribution in [-0.4, -0.2) is 67.8 Å². The first kappa shape index (κ1) is 21.0. The van der Waals surface area contributed by atoms with E-state index in [9.17, 15) is 18.0 Å². The number of amides is 1. The molecule has 6 nitrogen and oxygen atoms in total. The molecule has 150 valence electrons. The first-order valence-corrected chi connectivity index (χ1v) is 8.68. The summed E-state index contributed by atoms with van der Waals surface area (Å²) in [6.07, 6.45) is -2.63. The number of anilines is 1. The summed E-state index contributed by atoms with van der Waals surface area (Å²) in [5.41, 5.74) is 1.87. The number of alkyl halides is 3. The third kappa shape index (κ3) is 5.85. The quantitative estimate of drug-likeness (QED) is 0.832. The van der Waals surface area contributed by atoms with Crippen molar-refractivity contribution < 1.29 is 27.9 Å². The Bertz CT molecular complexity index is 654. The molecule has 3 aliphatic rings. The molecule has 0 unspecified atom stereocenters. The summed E-state index contributed by atoms with van der Waals surface area (Å²) in [5, 5.41) is 10.3. The number of carboxylic acids is 1. The maximum Gasteiger partial charge on any atom is 0.490 e. The highest BCUT2D eigenvalue weighted by Gasteiger charge is 2.38. The van der Waals surface area contributed by atoms with E-state index in [-0.39, 0.29) is 5.91 Å². The number of hydrogen-bond acceptors (Lipinski definition) is 4. The number of nitrogens with zero attached hydrogens (tertiary/aromatic N) is 2. The van der Waals surface area contributed by atoms with Crippen LogP contribution < -0.4 is 10.2 Å². The molecule has 0 radical (unpaired) electrons. The van der Waals surface area contributed by atoms with E-state index < -0.39 is 12.1 Å². The number of benzene rings is 1. The summed E-state index contributed by atoms with van der Waals surface area (Å²) in [4.78, 5) is 25.7. The Hall–Kier alpha value is -2.29. The minimum atomic E-state index is -5.08. The average Bonchev–Trinajstić information content (AvgIpc) is 2.62. The van der Waals surface area contributed by atoms with Crippen LogP contribution in [0.4, 0.5) is 18.9 Å². The summed E-state index contributed by atoms with van der Waals surface area (Å²) in [6, 6.07) is 8.13. The topological polar surface area (TPSA) is 72.9 Å². The highest BCUT2D eigenvalue weighted by atomic mass is 19.4. The second-order valence-electron chi connectivity index (χ2n) is 6.96. The Morgan fingerprint density at radius 2 is 1.67 bits per heavy atom. The Labute approximate surface area is 155 Å². The number of fused-ring (bicyclic) bond motifs is 3. The van der Waals surface area contributed by atoms with Gasteiger partial charge in [0, 0.05) is 37.9 Å². The van der Waals surface area contributed by atoms with E-state index >= 15 is 0 Å². The molecule has 3 saturated heterocycles. The fourth-order valence-corrected chi connectivity index (χ4v) is 3.29. The fourth-order valence-electron chi connectivity index (χ4n) is 3.29. The maximum atomic E-state index is 12.3. The Morgan fingerprint density at radius 1 is 1.15 bits per heavy atom. The van der Waals surface area contributed by atoms with Crippen LogP contribution in [0.1, 0.15) is 23.2 Å². The number of hydrogen-bond donors (Lipinski definition) is 2. The fraction of sp³-hybridized carbons (Fsp3) is 0.556. The minimum Gasteiger partial charge on any atom is -0.475 e. The lowest BCUT2D eigenvalue weighted by Crippen LogP contribution is -2.57. The molecule has 0 spiro atoms. The number of carbonyl (C=O) groups excluding carboxylic acids is 1. The smallest absolute Gasteiger partial charge is 0.475 e. The van der Waals surface area contributed by atoms with Crippen LogP contribution in [0.15, 0.2) is 24.3 Å². The van der Waals surface area contributed by atoms with Gasteiger partial charge < -0.3 is 20.2 Å². The van der Waals surface area contributed by atoms with Crippen molar-refractivity contribution in [1.82, 2.24) is 10.2 Å². The lowest BCUT2D eigenvalue weighted by atomic mass is 9.84. The Balaban J connectivity index is 0.000000321. The second kappa shape index (κ2) is 8.60. The number of rotatable bonds is 3. The summed E-state index contributed by atoms with van der Waals surface area (Å²) in [7, 11) is 4.00. The molecule has 0 saturated carbocycles. The predicted molar refractivity (Wildman–Crippen MR) is 94.9 cm³/mol. The van der Waals surface area contributed by atoms with Gasteiger partial charge in [-0.3, -0.25) is 4.79 Å². The number of carbonyl (C=O) groups is 2. The van der Waals surface area contributed by atoms with Gasteiger partial charge in [-0.15, -0.1) is 0 Å². The molecular formula is C18H24F3N3O3. The third-order valence-electron chi connectivity index (χ3n) is 4.86. The van der Waals surface area contributed by atoms with Gasteiger partial charge in [0.25, 0.3) is 5.91 Å². The van der Waals surface area contributed by atoms with E-state index in [0.717, 1.165) is 17.8 Å². The Kier molecular flexibility index (Phi) is 6.69. The molecule has 27 heavy (non-hydrogen) atoms. The van der Waals surface area contributed by atoms with Crippen molar-refractivity contribution in [3.8, 4) is 0 Å². The predicted octanol–water partition coefficient (Wildman–Crippen LogP) is 2.21. The molecule has 1 amide bonds. The van der Waals surface area contributed by atoms with Crippen molar-refractivity contribution >= 4 is 17.6 Å². The van der Waals surface area contributed by atoms with Gasteiger partial charge in [-0.25, -0.2) is 4.79 Å². The van der Waals surface area contributed by atoms with Crippen LogP contribution in [-0.2, 0) is 4.79 Å². The largest absolute Gasteiger partial charge is 0.490 e. The van der Waals surface area contributed by atoms with Crippen LogP contribution in [0.25, 0.3) is 0 Å². The number of carboxylic acid groups (broad SMARTS) is 1. The van der Waals surface area contributed by atoms with Gasteiger partial charge in [0.1, 0.15) is 0 Å². The summed E-state index contributed by atoms with van der Waals surface area (Å²) >= 11 is 0. The number of halogens is 3. The standard InChI is InChI=1S/C16H23N3O.C2HF3O2/c1-18(2)14-5-3-13(4-6-14)16(20)17-15-11-19-9-7-12(15)8-10-19;3-2(4,5)1(6)7/h3-6,12,15H,7-11H2,1-2H3,(H,17,20);(H,6,7)/t15-;/m1./s1. The number of nitrogens with one attached hydrogen (secondary N) is 1. The van der Waals surface area contributed by atoms with Gasteiger partial charge >= 0.3 is 12.1 Å². The lowest BCUT2D eigenvalue weighted by Gasteiger charge is -2.44. The van der Waals surface area contributed by atoms with E-state index in [4.69, 9.17) is 9.90 Å². The minimum absolute atomic E-state index is 0.0639. The van der Waals surface area contributed by atoms with Crippen molar-refractivity contribution in [3.63, 3.8) is 0 Å². The SMILES string of the molecule is CN(C)c1ccc(C(=O)N[C@@H]2CN3CCC2CC3)cc1.O=C(O)C(F)(F)F. The van der Waals surface area contributed by atoms with Crippen molar-refractivity contribution in [2.75, 3.05) is 38.6 Å². The molecule has 4 rings (SSSR count). The molecular weight excluding hydrogens is 363 g/mol. The zero-order chi connectivity index (χ0) is 20.2.